The first-order valence-corrected chi connectivity index (χ1v) is 7.33. The number of fused-ring (bicyclic) bond motifs is 1. The van der Waals surface area contributed by atoms with Crippen LogP contribution in [0.5, 0.6) is 0 Å². The van der Waals surface area contributed by atoms with Gasteiger partial charge in [-0.2, -0.15) is 0 Å². The predicted octanol–water partition coefficient (Wildman–Crippen LogP) is 1.06. The lowest BCUT2D eigenvalue weighted by molar-refractivity contribution is 0.0944. The quantitative estimate of drug-likeness (QED) is 0.868. The molecule has 1 heterocycles. The zero-order valence-electron chi connectivity index (χ0n) is 10.3. The van der Waals surface area contributed by atoms with Crippen molar-refractivity contribution >= 4 is 27.7 Å². The molecule has 1 aromatic carbocycles. The Morgan fingerprint density at radius 1 is 1.56 bits per heavy atom. The Kier molecular flexibility index (Phi) is 3.76. The minimum atomic E-state index is -0.915. The van der Waals surface area contributed by atoms with Crippen LogP contribution in [0.2, 0.25) is 0 Å². The molecule has 0 spiro atoms. The highest BCUT2D eigenvalue weighted by molar-refractivity contribution is 7.84. The van der Waals surface area contributed by atoms with E-state index < -0.39 is 10.8 Å². The van der Waals surface area contributed by atoms with Crippen molar-refractivity contribution in [2.75, 3.05) is 12.0 Å². The Balaban J connectivity index is 2.10. The van der Waals surface area contributed by atoms with Crippen molar-refractivity contribution in [1.82, 2.24) is 15.3 Å². The molecule has 2 N–H and O–H groups in total. The second-order valence-corrected chi connectivity index (χ2v) is 5.73. The lowest BCUT2D eigenvalue weighted by atomic mass is 10.2. The minimum absolute atomic E-state index is 0.110. The third-order valence-electron chi connectivity index (χ3n) is 2.54. The van der Waals surface area contributed by atoms with Crippen LogP contribution >= 0.6 is 0 Å². The molecule has 2 aromatic rings. The summed E-state index contributed by atoms with van der Waals surface area (Å²) in [6, 6.07) is 5.17. The predicted molar refractivity (Wildman–Crippen MR) is 72.0 cm³/mol. The number of aromatic nitrogens is 2. The largest absolute Gasteiger partial charge is 0.349 e. The van der Waals surface area contributed by atoms with E-state index in [2.05, 4.69) is 15.3 Å². The second-order valence-electron chi connectivity index (χ2n) is 4.25. The smallest absolute Gasteiger partial charge is 0.251 e. The van der Waals surface area contributed by atoms with Crippen LogP contribution in [0.15, 0.2) is 24.5 Å². The molecule has 0 bridgehead atoms. The molecule has 1 amide bonds. The van der Waals surface area contributed by atoms with Gasteiger partial charge in [0.05, 0.1) is 17.4 Å². The van der Waals surface area contributed by atoms with Crippen LogP contribution in [0.4, 0.5) is 0 Å². The molecule has 0 fully saturated rings. The minimum Gasteiger partial charge on any atom is -0.349 e. The zero-order chi connectivity index (χ0) is 13.1. The molecule has 0 radical (unpaired) electrons. The number of carbonyl (C=O) groups is 1. The number of hydrogen-bond donors (Lipinski definition) is 2. The van der Waals surface area contributed by atoms with Crippen LogP contribution < -0.4 is 5.32 Å². The maximum absolute atomic E-state index is 12.0. The zero-order valence-corrected chi connectivity index (χ0v) is 11.1. The molecule has 2 unspecified atom stereocenters. The van der Waals surface area contributed by atoms with Gasteiger partial charge in [0, 0.05) is 34.4 Å². The van der Waals surface area contributed by atoms with E-state index in [1.807, 2.05) is 6.92 Å². The van der Waals surface area contributed by atoms with Crippen LogP contribution in [0.25, 0.3) is 11.0 Å². The molecule has 0 saturated carbocycles. The van der Waals surface area contributed by atoms with E-state index in [9.17, 15) is 9.00 Å². The Bertz CT molecular complexity index is 594. The Morgan fingerprint density at radius 3 is 3.06 bits per heavy atom. The summed E-state index contributed by atoms with van der Waals surface area (Å²) in [5.41, 5.74) is 2.23. The topological polar surface area (TPSA) is 74.8 Å². The van der Waals surface area contributed by atoms with E-state index in [0.717, 1.165) is 11.0 Å². The van der Waals surface area contributed by atoms with Crippen molar-refractivity contribution in [2.45, 2.75) is 13.0 Å². The van der Waals surface area contributed by atoms with Gasteiger partial charge in [0.2, 0.25) is 0 Å². The van der Waals surface area contributed by atoms with Crippen LogP contribution in [0, 0.1) is 0 Å². The number of hydrogen-bond acceptors (Lipinski definition) is 3. The molecule has 18 heavy (non-hydrogen) atoms. The molecule has 5 nitrogen and oxygen atoms in total. The van der Waals surface area contributed by atoms with Crippen molar-refractivity contribution in [1.29, 1.82) is 0 Å². The molecular weight excluding hydrogens is 250 g/mol. The SMILES string of the molecule is CC(CS(C)=O)NC(=O)c1ccc2nc[nH]c2c1. The molecule has 96 valence electrons. The fourth-order valence-corrected chi connectivity index (χ4v) is 2.57. The summed E-state index contributed by atoms with van der Waals surface area (Å²) in [6.07, 6.45) is 3.22. The van der Waals surface area contributed by atoms with Gasteiger partial charge in [-0.1, -0.05) is 0 Å². The van der Waals surface area contributed by atoms with Gasteiger partial charge < -0.3 is 10.3 Å². The number of rotatable bonds is 4. The molecule has 1 aromatic heterocycles. The van der Waals surface area contributed by atoms with Crippen LogP contribution in [0.1, 0.15) is 17.3 Å². The van der Waals surface area contributed by atoms with Crippen molar-refractivity contribution < 1.29 is 9.00 Å². The molecule has 2 rings (SSSR count). The second kappa shape index (κ2) is 5.30. The lowest BCUT2D eigenvalue weighted by Crippen LogP contribution is -2.36. The Labute approximate surface area is 107 Å². The summed E-state index contributed by atoms with van der Waals surface area (Å²) in [4.78, 5) is 19.0. The van der Waals surface area contributed by atoms with Crippen LogP contribution in [-0.2, 0) is 10.8 Å². The third-order valence-corrected chi connectivity index (χ3v) is 3.51. The summed E-state index contributed by atoms with van der Waals surface area (Å²) in [7, 11) is -0.915. The van der Waals surface area contributed by atoms with Gasteiger partial charge in [-0.15, -0.1) is 0 Å². The number of imidazole rings is 1. The number of amides is 1. The first-order valence-electron chi connectivity index (χ1n) is 5.60. The fourth-order valence-electron chi connectivity index (χ4n) is 1.78. The van der Waals surface area contributed by atoms with Gasteiger partial charge in [0.25, 0.3) is 5.91 Å². The van der Waals surface area contributed by atoms with Gasteiger partial charge in [-0.25, -0.2) is 4.98 Å². The molecule has 0 saturated heterocycles. The number of carbonyl (C=O) groups excluding carboxylic acids is 1. The summed E-state index contributed by atoms with van der Waals surface area (Å²) in [5.74, 6) is 0.294. The number of benzene rings is 1. The van der Waals surface area contributed by atoms with E-state index in [1.165, 1.54) is 0 Å². The van der Waals surface area contributed by atoms with E-state index in [4.69, 9.17) is 0 Å². The van der Waals surface area contributed by atoms with E-state index >= 15 is 0 Å². The standard InChI is InChI=1S/C12H15N3O2S/c1-8(6-18(2)17)15-12(16)9-3-4-10-11(5-9)14-7-13-10/h3-5,7-8H,6H2,1-2H3,(H,13,14)(H,15,16). The van der Waals surface area contributed by atoms with E-state index in [0.29, 0.717) is 11.3 Å². The van der Waals surface area contributed by atoms with Gasteiger partial charge >= 0.3 is 0 Å². The Morgan fingerprint density at radius 2 is 2.33 bits per heavy atom. The number of H-pyrrole nitrogens is 1. The van der Waals surface area contributed by atoms with Gasteiger partial charge in [-0.05, 0) is 25.1 Å². The van der Waals surface area contributed by atoms with Gasteiger partial charge in [-0.3, -0.25) is 9.00 Å². The van der Waals surface area contributed by atoms with Gasteiger partial charge in [0.15, 0.2) is 0 Å². The Hall–Kier alpha value is -1.69. The molecule has 0 aliphatic rings. The molecular formula is C12H15N3O2S. The normalized spacial score (nSPS) is 14.3. The van der Waals surface area contributed by atoms with E-state index in [-0.39, 0.29) is 11.9 Å². The summed E-state index contributed by atoms with van der Waals surface area (Å²) in [5, 5.41) is 2.82. The van der Waals surface area contributed by atoms with Crippen LogP contribution in [-0.4, -0.2) is 38.1 Å². The molecule has 6 heteroatoms. The average Bonchev–Trinajstić information content (AvgIpc) is 2.74. The van der Waals surface area contributed by atoms with Crippen molar-refractivity contribution in [3.8, 4) is 0 Å². The van der Waals surface area contributed by atoms with Crippen molar-refractivity contribution in [3.63, 3.8) is 0 Å². The highest BCUT2D eigenvalue weighted by Crippen LogP contribution is 2.11. The average molecular weight is 265 g/mol. The molecule has 0 aliphatic carbocycles. The maximum atomic E-state index is 12.0. The summed E-state index contributed by atoms with van der Waals surface area (Å²) >= 11 is 0. The van der Waals surface area contributed by atoms with Crippen LogP contribution in [0.3, 0.4) is 0 Å². The van der Waals surface area contributed by atoms with E-state index in [1.54, 1.807) is 30.8 Å². The number of nitrogens with one attached hydrogen (secondary N) is 2. The first kappa shape index (κ1) is 12.8. The third kappa shape index (κ3) is 2.95. The molecule has 2 atom stereocenters. The molecule has 0 aliphatic heterocycles. The fraction of sp³-hybridized carbons (Fsp3) is 0.333. The number of aromatic amines is 1. The first-order chi connectivity index (χ1) is 8.56. The number of nitrogens with zero attached hydrogens (tertiary/aromatic N) is 1. The lowest BCUT2D eigenvalue weighted by Gasteiger charge is -2.12. The summed E-state index contributed by atoms with van der Waals surface area (Å²) < 4.78 is 11.1. The highest BCUT2D eigenvalue weighted by Gasteiger charge is 2.11. The maximum Gasteiger partial charge on any atom is 0.251 e. The highest BCUT2D eigenvalue weighted by atomic mass is 32.2. The van der Waals surface area contributed by atoms with Crippen molar-refractivity contribution in [3.05, 3.63) is 30.1 Å². The summed E-state index contributed by atoms with van der Waals surface area (Å²) in [6.45, 7) is 1.84. The van der Waals surface area contributed by atoms with Gasteiger partial charge in [0.1, 0.15) is 0 Å². The monoisotopic (exact) mass is 265 g/mol. The van der Waals surface area contributed by atoms with Crippen molar-refractivity contribution in [2.24, 2.45) is 0 Å².